The van der Waals surface area contributed by atoms with Gasteiger partial charge in [0.2, 0.25) is 5.91 Å². The van der Waals surface area contributed by atoms with Crippen LogP contribution in [0.5, 0.6) is 0 Å². The molecule has 1 amide bonds. The number of benzene rings is 2. The molecule has 0 saturated heterocycles. The standard InChI is InChI=1S/C24H23ClN4O/c1-16-6-5-13-29-15-21(27-23(16)29)18-7-4-8-20(14-18)26-24(30)22(28(2)3)17-9-11-19(25)12-10-17/h4-15,22H,1-3H3,(H,26,30). The molecule has 1 unspecified atom stereocenters. The summed E-state index contributed by atoms with van der Waals surface area (Å²) in [5.41, 5.74) is 5.47. The number of hydrogen-bond acceptors (Lipinski definition) is 3. The van der Waals surface area contributed by atoms with Gasteiger partial charge in [-0.3, -0.25) is 9.69 Å². The number of pyridine rings is 1. The number of nitrogens with one attached hydrogen (secondary N) is 1. The fourth-order valence-electron chi connectivity index (χ4n) is 3.59. The van der Waals surface area contributed by atoms with Gasteiger partial charge in [0.1, 0.15) is 11.7 Å². The molecule has 30 heavy (non-hydrogen) atoms. The van der Waals surface area contributed by atoms with Gasteiger partial charge in [-0.05, 0) is 62.5 Å². The van der Waals surface area contributed by atoms with Gasteiger partial charge in [-0.1, -0.05) is 41.9 Å². The van der Waals surface area contributed by atoms with Crippen LogP contribution in [0.3, 0.4) is 0 Å². The number of amides is 1. The third-order valence-electron chi connectivity index (χ3n) is 5.05. The van der Waals surface area contributed by atoms with Gasteiger partial charge in [0, 0.05) is 28.7 Å². The molecule has 0 radical (unpaired) electrons. The SMILES string of the molecule is Cc1cccn2cc(-c3cccc(NC(=O)C(c4ccc(Cl)cc4)N(C)C)c3)nc12. The minimum atomic E-state index is -0.427. The first kappa shape index (κ1) is 20.1. The second kappa shape index (κ2) is 8.30. The zero-order chi connectivity index (χ0) is 21.3. The Labute approximate surface area is 180 Å². The lowest BCUT2D eigenvalue weighted by Crippen LogP contribution is -2.32. The second-order valence-corrected chi connectivity index (χ2v) is 7.97. The molecule has 2 heterocycles. The van der Waals surface area contributed by atoms with Crippen LogP contribution in [0.4, 0.5) is 5.69 Å². The molecule has 5 nitrogen and oxygen atoms in total. The molecule has 2 aromatic heterocycles. The summed E-state index contributed by atoms with van der Waals surface area (Å²) in [6.45, 7) is 2.04. The second-order valence-electron chi connectivity index (χ2n) is 7.54. The van der Waals surface area contributed by atoms with E-state index in [2.05, 4.69) is 5.32 Å². The number of hydrogen-bond donors (Lipinski definition) is 1. The van der Waals surface area contributed by atoms with Gasteiger partial charge in [-0.15, -0.1) is 0 Å². The minimum absolute atomic E-state index is 0.106. The molecule has 4 rings (SSSR count). The van der Waals surface area contributed by atoms with Crippen LogP contribution in [-0.4, -0.2) is 34.3 Å². The number of halogens is 1. The van der Waals surface area contributed by atoms with Crippen LogP contribution in [0.2, 0.25) is 5.02 Å². The Bertz CT molecular complexity index is 1200. The number of rotatable bonds is 5. The van der Waals surface area contributed by atoms with Crippen molar-refractivity contribution in [2.75, 3.05) is 19.4 Å². The third-order valence-corrected chi connectivity index (χ3v) is 5.31. The third kappa shape index (κ3) is 4.08. The van der Waals surface area contributed by atoms with Crippen molar-refractivity contribution in [1.82, 2.24) is 14.3 Å². The Balaban J connectivity index is 1.60. The molecule has 0 aliphatic rings. The number of carbonyl (C=O) groups excluding carboxylic acids is 1. The van der Waals surface area contributed by atoms with Crippen molar-refractivity contribution < 1.29 is 4.79 Å². The predicted octanol–water partition coefficient (Wildman–Crippen LogP) is 5.20. The smallest absolute Gasteiger partial charge is 0.246 e. The summed E-state index contributed by atoms with van der Waals surface area (Å²) < 4.78 is 2.01. The number of aromatic nitrogens is 2. The van der Waals surface area contributed by atoms with E-state index in [9.17, 15) is 4.79 Å². The summed E-state index contributed by atoms with van der Waals surface area (Å²) in [6.07, 6.45) is 3.98. The van der Waals surface area contributed by atoms with E-state index >= 15 is 0 Å². The molecule has 1 N–H and O–H groups in total. The van der Waals surface area contributed by atoms with Crippen LogP contribution < -0.4 is 5.32 Å². The van der Waals surface area contributed by atoms with Gasteiger partial charge in [0.15, 0.2) is 0 Å². The molecule has 6 heteroatoms. The van der Waals surface area contributed by atoms with Gasteiger partial charge in [0.05, 0.1) is 5.69 Å². The molecule has 1 atom stereocenters. The summed E-state index contributed by atoms with van der Waals surface area (Å²) >= 11 is 6.00. The average molecular weight is 419 g/mol. The Morgan fingerprint density at radius 1 is 1.10 bits per heavy atom. The lowest BCUT2D eigenvalue weighted by atomic mass is 10.0. The summed E-state index contributed by atoms with van der Waals surface area (Å²) in [5.74, 6) is -0.106. The fourth-order valence-corrected chi connectivity index (χ4v) is 3.71. The maximum Gasteiger partial charge on any atom is 0.246 e. The summed E-state index contributed by atoms with van der Waals surface area (Å²) in [7, 11) is 3.77. The van der Waals surface area contributed by atoms with Crippen molar-refractivity contribution >= 4 is 28.8 Å². The van der Waals surface area contributed by atoms with Gasteiger partial charge in [0.25, 0.3) is 0 Å². The number of carbonyl (C=O) groups is 1. The number of likely N-dealkylation sites (N-methyl/N-ethyl adjacent to an activating group) is 1. The normalized spacial score (nSPS) is 12.3. The average Bonchev–Trinajstić information content (AvgIpc) is 3.15. The summed E-state index contributed by atoms with van der Waals surface area (Å²) in [4.78, 5) is 19.7. The monoisotopic (exact) mass is 418 g/mol. The van der Waals surface area contributed by atoms with E-state index in [0.717, 1.165) is 33.7 Å². The van der Waals surface area contributed by atoms with Crippen molar-refractivity contribution in [3.05, 3.63) is 89.2 Å². The van der Waals surface area contributed by atoms with E-state index in [1.54, 1.807) is 12.1 Å². The molecule has 2 aromatic carbocycles. The molecule has 0 aliphatic heterocycles. The Morgan fingerprint density at radius 2 is 1.87 bits per heavy atom. The fraction of sp³-hybridized carbons (Fsp3) is 0.167. The van der Waals surface area contributed by atoms with Gasteiger partial charge in [-0.25, -0.2) is 4.98 Å². The van der Waals surface area contributed by atoms with Crippen LogP contribution in [0.1, 0.15) is 17.2 Å². The van der Waals surface area contributed by atoms with Crippen LogP contribution in [0.25, 0.3) is 16.9 Å². The summed E-state index contributed by atoms with van der Waals surface area (Å²) in [6, 6.07) is 18.7. The predicted molar refractivity (Wildman–Crippen MR) is 122 cm³/mol. The number of aryl methyl sites for hydroxylation is 1. The molecule has 0 fully saturated rings. The van der Waals surface area contributed by atoms with Gasteiger partial charge >= 0.3 is 0 Å². The van der Waals surface area contributed by atoms with Crippen molar-refractivity contribution in [2.24, 2.45) is 0 Å². The van der Waals surface area contributed by atoms with E-state index < -0.39 is 6.04 Å². The lowest BCUT2D eigenvalue weighted by Gasteiger charge is -2.24. The van der Waals surface area contributed by atoms with E-state index in [-0.39, 0.29) is 5.91 Å². The molecule has 0 aliphatic carbocycles. The van der Waals surface area contributed by atoms with E-state index in [1.807, 2.05) is 91.2 Å². The largest absolute Gasteiger partial charge is 0.324 e. The van der Waals surface area contributed by atoms with Crippen molar-refractivity contribution in [1.29, 1.82) is 0 Å². The number of nitrogens with zero attached hydrogens (tertiary/aromatic N) is 3. The summed E-state index contributed by atoms with van der Waals surface area (Å²) in [5, 5.41) is 3.69. The molecule has 4 aromatic rings. The van der Waals surface area contributed by atoms with Crippen molar-refractivity contribution in [3.8, 4) is 11.3 Å². The molecule has 0 bridgehead atoms. The Kier molecular flexibility index (Phi) is 5.57. The van der Waals surface area contributed by atoms with Gasteiger partial charge < -0.3 is 9.72 Å². The first-order valence-electron chi connectivity index (χ1n) is 9.70. The lowest BCUT2D eigenvalue weighted by molar-refractivity contribution is -0.120. The molecular formula is C24H23ClN4O. The van der Waals surface area contributed by atoms with Crippen LogP contribution in [0.15, 0.2) is 73.1 Å². The highest BCUT2D eigenvalue weighted by Gasteiger charge is 2.23. The first-order chi connectivity index (χ1) is 14.4. The van der Waals surface area contributed by atoms with Crippen LogP contribution in [-0.2, 0) is 4.79 Å². The van der Waals surface area contributed by atoms with E-state index in [4.69, 9.17) is 16.6 Å². The number of anilines is 1. The first-order valence-corrected chi connectivity index (χ1v) is 10.1. The minimum Gasteiger partial charge on any atom is -0.324 e. The zero-order valence-electron chi connectivity index (χ0n) is 17.1. The quantitative estimate of drug-likeness (QED) is 0.484. The highest BCUT2D eigenvalue weighted by Crippen LogP contribution is 2.26. The Morgan fingerprint density at radius 3 is 2.57 bits per heavy atom. The van der Waals surface area contributed by atoms with Crippen LogP contribution in [0, 0.1) is 6.92 Å². The molecule has 0 spiro atoms. The number of fused-ring (bicyclic) bond motifs is 1. The molecular weight excluding hydrogens is 396 g/mol. The Hall–Kier alpha value is -3.15. The molecule has 0 saturated carbocycles. The van der Waals surface area contributed by atoms with E-state index in [0.29, 0.717) is 5.02 Å². The van der Waals surface area contributed by atoms with Crippen molar-refractivity contribution in [3.63, 3.8) is 0 Å². The highest BCUT2D eigenvalue weighted by molar-refractivity contribution is 6.30. The zero-order valence-corrected chi connectivity index (χ0v) is 17.9. The molecule has 152 valence electrons. The number of imidazole rings is 1. The van der Waals surface area contributed by atoms with Gasteiger partial charge in [-0.2, -0.15) is 0 Å². The maximum absolute atomic E-state index is 13.1. The van der Waals surface area contributed by atoms with Crippen molar-refractivity contribution in [2.45, 2.75) is 13.0 Å². The topological polar surface area (TPSA) is 49.6 Å². The highest BCUT2D eigenvalue weighted by atomic mass is 35.5. The maximum atomic E-state index is 13.1. The van der Waals surface area contributed by atoms with Crippen LogP contribution >= 0.6 is 11.6 Å². The van der Waals surface area contributed by atoms with E-state index in [1.165, 1.54) is 0 Å².